The molecule has 0 aliphatic heterocycles. The van der Waals surface area contributed by atoms with Gasteiger partial charge in [0.2, 0.25) is 0 Å². The minimum atomic E-state index is -0.238. The summed E-state index contributed by atoms with van der Waals surface area (Å²) in [4.78, 5) is 26.5. The normalized spacial score (nSPS) is 10.2. The van der Waals surface area contributed by atoms with Gasteiger partial charge in [0.05, 0.1) is 19.8 Å². The lowest BCUT2D eigenvalue weighted by Crippen LogP contribution is -2.30. The molecule has 1 N–H and O–H groups in total. The van der Waals surface area contributed by atoms with Crippen LogP contribution in [-0.2, 0) is 6.54 Å². The molecule has 0 saturated heterocycles. The predicted octanol–water partition coefficient (Wildman–Crippen LogP) is 3.12. The summed E-state index contributed by atoms with van der Waals surface area (Å²) >= 11 is 0. The van der Waals surface area contributed by atoms with Crippen LogP contribution >= 0.6 is 0 Å². The largest absolute Gasteiger partial charge is 0.497 e. The topological polar surface area (TPSA) is 67.9 Å². The predicted molar refractivity (Wildman–Crippen MR) is 104 cm³/mol. The lowest BCUT2D eigenvalue weighted by molar-refractivity contribution is 0.0772. The minimum absolute atomic E-state index is 0.0126. The van der Waals surface area contributed by atoms with E-state index in [2.05, 4.69) is 5.32 Å². The van der Waals surface area contributed by atoms with Gasteiger partial charge in [-0.2, -0.15) is 0 Å². The van der Waals surface area contributed by atoms with Gasteiger partial charge >= 0.3 is 0 Å². The highest BCUT2D eigenvalue weighted by atomic mass is 16.5. The molecule has 0 saturated carbocycles. The molecule has 2 aromatic carbocycles. The van der Waals surface area contributed by atoms with Crippen LogP contribution in [0.3, 0.4) is 0 Å². The van der Waals surface area contributed by atoms with Gasteiger partial charge < -0.3 is 19.7 Å². The van der Waals surface area contributed by atoms with Gasteiger partial charge in [0.15, 0.2) is 0 Å². The minimum Gasteiger partial charge on any atom is -0.497 e. The van der Waals surface area contributed by atoms with Gasteiger partial charge in [-0.3, -0.25) is 9.59 Å². The van der Waals surface area contributed by atoms with Gasteiger partial charge in [0.25, 0.3) is 11.8 Å². The van der Waals surface area contributed by atoms with Crippen molar-refractivity contribution in [3.05, 3.63) is 59.2 Å². The van der Waals surface area contributed by atoms with Crippen LogP contribution < -0.4 is 14.8 Å². The van der Waals surface area contributed by atoms with E-state index in [1.807, 2.05) is 26.0 Å². The van der Waals surface area contributed by atoms with E-state index in [9.17, 15) is 9.59 Å². The van der Waals surface area contributed by atoms with E-state index >= 15 is 0 Å². The van der Waals surface area contributed by atoms with Crippen LogP contribution in [0.4, 0.5) is 0 Å². The first-order valence-electron chi connectivity index (χ1n) is 8.92. The van der Waals surface area contributed by atoms with Crippen LogP contribution in [0.2, 0.25) is 0 Å². The van der Waals surface area contributed by atoms with Gasteiger partial charge in [0.1, 0.15) is 11.5 Å². The average molecular weight is 370 g/mol. The lowest BCUT2D eigenvalue weighted by atomic mass is 10.1. The van der Waals surface area contributed by atoms with Gasteiger partial charge in [-0.25, -0.2) is 0 Å². The number of hydrogen-bond acceptors (Lipinski definition) is 4. The van der Waals surface area contributed by atoms with Crippen molar-refractivity contribution in [1.82, 2.24) is 10.2 Å². The van der Waals surface area contributed by atoms with Crippen LogP contribution in [-0.4, -0.2) is 44.0 Å². The van der Waals surface area contributed by atoms with E-state index in [0.29, 0.717) is 42.3 Å². The van der Waals surface area contributed by atoms with Crippen molar-refractivity contribution in [2.75, 3.05) is 27.3 Å². The molecule has 0 fully saturated rings. The maximum Gasteiger partial charge on any atom is 0.255 e. The Morgan fingerprint density at radius 3 is 2.19 bits per heavy atom. The van der Waals surface area contributed by atoms with Crippen molar-refractivity contribution < 1.29 is 19.1 Å². The highest BCUT2D eigenvalue weighted by Crippen LogP contribution is 2.24. The Morgan fingerprint density at radius 1 is 0.963 bits per heavy atom. The molecule has 6 nitrogen and oxygen atoms in total. The number of nitrogens with zero attached hydrogens (tertiary/aromatic N) is 1. The van der Waals surface area contributed by atoms with E-state index in [4.69, 9.17) is 9.47 Å². The number of hydrogen-bond donors (Lipinski definition) is 1. The van der Waals surface area contributed by atoms with E-state index in [1.165, 1.54) is 7.11 Å². The second-order valence-corrected chi connectivity index (χ2v) is 5.92. The summed E-state index contributed by atoms with van der Waals surface area (Å²) in [6.07, 6.45) is 0. The fourth-order valence-electron chi connectivity index (χ4n) is 2.72. The van der Waals surface area contributed by atoms with Crippen molar-refractivity contribution in [3.63, 3.8) is 0 Å². The number of carbonyl (C=O) groups is 2. The smallest absolute Gasteiger partial charge is 0.255 e. The third-order valence-electron chi connectivity index (χ3n) is 4.36. The van der Waals surface area contributed by atoms with Gasteiger partial charge in [0, 0.05) is 31.3 Å². The van der Waals surface area contributed by atoms with E-state index in [1.54, 1.807) is 42.3 Å². The van der Waals surface area contributed by atoms with Crippen molar-refractivity contribution in [1.29, 1.82) is 0 Å². The van der Waals surface area contributed by atoms with E-state index in [-0.39, 0.29) is 11.8 Å². The molecule has 0 heterocycles. The van der Waals surface area contributed by atoms with Gasteiger partial charge in [-0.15, -0.1) is 0 Å². The Labute approximate surface area is 160 Å². The summed E-state index contributed by atoms with van der Waals surface area (Å²) in [5, 5.41) is 2.87. The molecule has 27 heavy (non-hydrogen) atoms. The standard InChI is InChI=1S/C21H26N2O4/c1-5-23(6-2)21(25)16-9-7-15(8-10-16)14-22-20(24)18-12-11-17(26-3)13-19(18)27-4/h7-13H,5-6,14H2,1-4H3,(H,22,24). The first kappa shape index (κ1) is 20.3. The van der Waals surface area contributed by atoms with E-state index < -0.39 is 0 Å². The van der Waals surface area contributed by atoms with Crippen LogP contribution in [0.5, 0.6) is 11.5 Å². The Morgan fingerprint density at radius 2 is 1.63 bits per heavy atom. The van der Waals surface area contributed by atoms with Crippen molar-refractivity contribution >= 4 is 11.8 Å². The zero-order valence-corrected chi connectivity index (χ0v) is 16.2. The Balaban J connectivity index is 2.02. The van der Waals surface area contributed by atoms with Crippen LogP contribution in [0.1, 0.15) is 40.1 Å². The first-order chi connectivity index (χ1) is 13.0. The van der Waals surface area contributed by atoms with Crippen LogP contribution in [0.15, 0.2) is 42.5 Å². The Hall–Kier alpha value is -3.02. The van der Waals surface area contributed by atoms with Gasteiger partial charge in [-0.1, -0.05) is 12.1 Å². The monoisotopic (exact) mass is 370 g/mol. The molecule has 0 unspecified atom stereocenters. The molecule has 0 bridgehead atoms. The summed E-state index contributed by atoms with van der Waals surface area (Å²) in [6.45, 7) is 5.62. The fraction of sp³-hybridized carbons (Fsp3) is 0.333. The summed E-state index contributed by atoms with van der Waals surface area (Å²) in [7, 11) is 3.07. The number of methoxy groups -OCH3 is 2. The Kier molecular flexibility index (Phi) is 7.23. The average Bonchev–Trinajstić information content (AvgIpc) is 2.72. The number of amides is 2. The molecule has 0 aliphatic carbocycles. The maximum absolute atomic E-state index is 12.4. The zero-order chi connectivity index (χ0) is 19.8. The van der Waals surface area contributed by atoms with Crippen LogP contribution in [0, 0.1) is 0 Å². The fourth-order valence-corrected chi connectivity index (χ4v) is 2.72. The molecular formula is C21H26N2O4. The molecule has 2 rings (SSSR count). The van der Waals surface area contributed by atoms with Gasteiger partial charge in [-0.05, 0) is 43.7 Å². The summed E-state index contributed by atoms with van der Waals surface area (Å²) in [5.74, 6) is 0.847. The molecule has 0 aromatic heterocycles. The third-order valence-corrected chi connectivity index (χ3v) is 4.36. The molecule has 2 aromatic rings. The number of ether oxygens (including phenoxy) is 2. The number of carbonyl (C=O) groups excluding carboxylic acids is 2. The number of rotatable bonds is 8. The number of benzene rings is 2. The highest BCUT2D eigenvalue weighted by Gasteiger charge is 2.14. The SMILES string of the molecule is CCN(CC)C(=O)c1ccc(CNC(=O)c2ccc(OC)cc2OC)cc1. The second-order valence-electron chi connectivity index (χ2n) is 5.92. The van der Waals surface area contributed by atoms with Crippen molar-refractivity contribution in [2.24, 2.45) is 0 Å². The van der Waals surface area contributed by atoms with E-state index in [0.717, 1.165) is 5.56 Å². The molecule has 0 spiro atoms. The third kappa shape index (κ3) is 5.00. The molecule has 0 atom stereocenters. The summed E-state index contributed by atoms with van der Waals surface area (Å²) in [6, 6.07) is 12.3. The summed E-state index contributed by atoms with van der Waals surface area (Å²) in [5.41, 5.74) is 1.99. The zero-order valence-electron chi connectivity index (χ0n) is 16.2. The quantitative estimate of drug-likeness (QED) is 0.775. The molecule has 0 aliphatic rings. The lowest BCUT2D eigenvalue weighted by Gasteiger charge is -2.18. The molecule has 6 heteroatoms. The molecule has 144 valence electrons. The number of nitrogens with one attached hydrogen (secondary N) is 1. The summed E-state index contributed by atoms with van der Waals surface area (Å²) < 4.78 is 10.4. The molecule has 2 amide bonds. The van der Waals surface area contributed by atoms with Crippen molar-refractivity contribution in [2.45, 2.75) is 20.4 Å². The first-order valence-corrected chi connectivity index (χ1v) is 8.92. The highest BCUT2D eigenvalue weighted by molar-refractivity contribution is 5.97. The second kappa shape index (κ2) is 9.62. The molecule has 0 radical (unpaired) electrons. The Bertz CT molecular complexity index is 783. The van der Waals surface area contributed by atoms with Crippen LogP contribution in [0.25, 0.3) is 0 Å². The maximum atomic E-state index is 12.4. The molecular weight excluding hydrogens is 344 g/mol. The van der Waals surface area contributed by atoms with Crippen molar-refractivity contribution in [3.8, 4) is 11.5 Å².